The molecular formula is C23H21ClIN3O4S. The monoisotopic (exact) mass is 597 g/mol. The van der Waals surface area contributed by atoms with Crippen molar-refractivity contribution in [1.29, 1.82) is 0 Å². The van der Waals surface area contributed by atoms with Crippen LogP contribution < -0.4 is 15.1 Å². The van der Waals surface area contributed by atoms with E-state index in [0.717, 1.165) is 20.9 Å². The van der Waals surface area contributed by atoms with Crippen LogP contribution in [0.4, 0.5) is 17.1 Å². The number of hydrogen-bond donors (Lipinski definition) is 2. The van der Waals surface area contributed by atoms with Gasteiger partial charge >= 0.3 is 0 Å². The summed E-state index contributed by atoms with van der Waals surface area (Å²) in [5.41, 5.74) is 1.55. The van der Waals surface area contributed by atoms with E-state index in [2.05, 4.69) is 33.2 Å². The number of nitrogens with zero attached hydrogens (tertiary/aromatic N) is 1. The first-order valence-electron chi connectivity index (χ1n) is 10.1. The SMILES string of the molecule is CON(c1ccccc1)S(=O)(=O)c1ccc(C(=O)NC2CC2)c(Nc2ccc(I)cc2Cl)c1. The summed E-state index contributed by atoms with van der Waals surface area (Å²) in [7, 11) is -2.80. The van der Waals surface area contributed by atoms with E-state index in [0.29, 0.717) is 27.6 Å². The normalized spacial score (nSPS) is 13.4. The van der Waals surface area contributed by atoms with Gasteiger partial charge < -0.3 is 10.6 Å². The molecule has 1 aliphatic carbocycles. The van der Waals surface area contributed by atoms with E-state index in [1.165, 1.54) is 25.3 Å². The lowest BCUT2D eigenvalue weighted by molar-refractivity contribution is 0.0952. The number of nitrogens with one attached hydrogen (secondary N) is 2. The van der Waals surface area contributed by atoms with Gasteiger partial charge in [-0.2, -0.15) is 8.42 Å². The van der Waals surface area contributed by atoms with Crippen molar-refractivity contribution >= 4 is 67.2 Å². The number of amides is 1. The molecule has 0 unspecified atom stereocenters. The van der Waals surface area contributed by atoms with E-state index in [9.17, 15) is 13.2 Å². The lowest BCUT2D eigenvalue weighted by Crippen LogP contribution is -2.30. The van der Waals surface area contributed by atoms with Gasteiger partial charge in [0.2, 0.25) is 0 Å². The van der Waals surface area contributed by atoms with Gasteiger partial charge in [0.05, 0.1) is 39.7 Å². The van der Waals surface area contributed by atoms with Crippen LogP contribution in [0.1, 0.15) is 23.2 Å². The molecule has 0 spiro atoms. The number of carbonyl (C=O) groups is 1. The summed E-state index contributed by atoms with van der Waals surface area (Å²) >= 11 is 8.52. The third-order valence-electron chi connectivity index (χ3n) is 5.00. The maximum atomic E-state index is 13.4. The fourth-order valence-corrected chi connectivity index (χ4v) is 5.40. The van der Waals surface area contributed by atoms with Crippen LogP contribution in [0.25, 0.3) is 0 Å². The van der Waals surface area contributed by atoms with Crippen molar-refractivity contribution in [3.63, 3.8) is 0 Å². The van der Waals surface area contributed by atoms with Crippen molar-refractivity contribution in [2.75, 3.05) is 16.9 Å². The Labute approximate surface area is 211 Å². The van der Waals surface area contributed by atoms with Gasteiger partial charge in [-0.1, -0.05) is 29.8 Å². The van der Waals surface area contributed by atoms with E-state index < -0.39 is 10.0 Å². The van der Waals surface area contributed by atoms with E-state index >= 15 is 0 Å². The van der Waals surface area contributed by atoms with Crippen LogP contribution in [-0.4, -0.2) is 27.5 Å². The number of carbonyl (C=O) groups excluding carboxylic acids is 1. The molecule has 10 heteroatoms. The molecule has 4 rings (SSSR count). The van der Waals surface area contributed by atoms with Crippen molar-refractivity contribution in [2.24, 2.45) is 0 Å². The van der Waals surface area contributed by atoms with Crippen molar-refractivity contribution in [1.82, 2.24) is 5.32 Å². The van der Waals surface area contributed by atoms with Crippen LogP contribution >= 0.6 is 34.2 Å². The van der Waals surface area contributed by atoms with Gasteiger partial charge in [-0.05, 0) is 84.0 Å². The summed E-state index contributed by atoms with van der Waals surface area (Å²) in [6.07, 6.45) is 1.87. The van der Waals surface area contributed by atoms with Crippen LogP contribution in [0.15, 0.2) is 71.6 Å². The molecule has 0 heterocycles. The minimum absolute atomic E-state index is 0.0414. The second kappa shape index (κ2) is 9.88. The third kappa shape index (κ3) is 5.43. The Bertz CT molecular complexity index is 1280. The highest BCUT2D eigenvalue weighted by molar-refractivity contribution is 14.1. The number of benzene rings is 3. The summed E-state index contributed by atoms with van der Waals surface area (Å²) in [5, 5.41) is 6.52. The molecule has 0 atom stereocenters. The van der Waals surface area contributed by atoms with Crippen LogP contribution in [0.3, 0.4) is 0 Å². The molecule has 0 bridgehead atoms. The molecule has 7 nitrogen and oxygen atoms in total. The molecule has 1 saturated carbocycles. The second-order valence-corrected chi connectivity index (χ2v) is 10.9. The first-order chi connectivity index (χ1) is 15.8. The molecule has 3 aromatic carbocycles. The zero-order valence-electron chi connectivity index (χ0n) is 17.6. The van der Waals surface area contributed by atoms with Crippen LogP contribution in [0.2, 0.25) is 5.02 Å². The lowest BCUT2D eigenvalue weighted by Gasteiger charge is -2.22. The Morgan fingerprint density at radius 3 is 2.42 bits per heavy atom. The van der Waals surface area contributed by atoms with Crippen LogP contribution in [-0.2, 0) is 14.9 Å². The molecule has 0 aliphatic heterocycles. The zero-order chi connectivity index (χ0) is 23.6. The van der Waals surface area contributed by atoms with Crippen molar-refractivity contribution in [3.05, 3.63) is 80.9 Å². The minimum atomic E-state index is -4.08. The van der Waals surface area contributed by atoms with Crippen molar-refractivity contribution in [3.8, 4) is 0 Å². The fourth-order valence-electron chi connectivity index (χ4n) is 3.20. The summed E-state index contributed by atoms with van der Waals surface area (Å²) in [5.74, 6) is -0.280. The maximum Gasteiger partial charge on any atom is 0.286 e. The van der Waals surface area contributed by atoms with Gasteiger partial charge in [-0.3, -0.25) is 9.63 Å². The third-order valence-corrected chi connectivity index (χ3v) is 7.63. The molecule has 33 heavy (non-hydrogen) atoms. The first-order valence-corrected chi connectivity index (χ1v) is 13.0. The minimum Gasteiger partial charge on any atom is -0.354 e. The number of anilines is 3. The summed E-state index contributed by atoms with van der Waals surface area (Å²) in [4.78, 5) is 18.0. The van der Waals surface area contributed by atoms with Gasteiger partial charge in [-0.15, -0.1) is 4.47 Å². The Morgan fingerprint density at radius 2 is 1.79 bits per heavy atom. The van der Waals surface area contributed by atoms with Gasteiger partial charge in [0.25, 0.3) is 15.9 Å². The lowest BCUT2D eigenvalue weighted by atomic mass is 10.1. The zero-order valence-corrected chi connectivity index (χ0v) is 21.3. The fraction of sp³-hybridized carbons (Fsp3) is 0.174. The van der Waals surface area contributed by atoms with E-state index in [1.54, 1.807) is 42.5 Å². The summed E-state index contributed by atoms with van der Waals surface area (Å²) in [6, 6.07) is 18.3. The Morgan fingerprint density at radius 1 is 1.06 bits per heavy atom. The quantitative estimate of drug-likeness (QED) is 0.271. The van der Waals surface area contributed by atoms with Gasteiger partial charge in [0, 0.05) is 9.61 Å². The molecule has 1 aliphatic rings. The number of rotatable bonds is 8. The Kier molecular flexibility index (Phi) is 7.13. The molecular weight excluding hydrogens is 577 g/mol. The average molecular weight is 598 g/mol. The van der Waals surface area contributed by atoms with Gasteiger partial charge in [0.1, 0.15) is 0 Å². The Hall–Kier alpha value is -2.34. The van der Waals surface area contributed by atoms with Gasteiger partial charge in [0.15, 0.2) is 0 Å². The number of para-hydroxylation sites is 1. The molecule has 1 amide bonds. The molecule has 2 N–H and O–H groups in total. The summed E-state index contributed by atoms with van der Waals surface area (Å²) in [6.45, 7) is 0. The van der Waals surface area contributed by atoms with E-state index in [-0.39, 0.29) is 16.8 Å². The van der Waals surface area contributed by atoms with Crippen LogP contribution in [0.5, 0.6) is 0 Å². The largest absolute Gasteiger partial charge is 0.354 e. The van der Waals surface area contributed by atoms with E-state index in [4.69, 9.17) is 16.4 Å². The number of hydrogen-bond acceptors (Lipinski definition) is 5. The average Bonchev–Trinajstić information content (AvgIpc) is 3.60. The maximum absolute atomic E-state index is 13.4. The Balaban J connectivity index is 1.76. The second-order valence-electron chi connectivity index (χ2n) is 7.45. The smallest absolute Gasteiger partial charge is 0.286 e. The standard InChI is InChI=1S/C23H21ClIN3O4S/c1-32-28(17-5-3-2-4-6-17)33(30,31)18-10-11-19(23(29)26-16-8-9-16)22(14-18)27-21-12-7-15(25)13-20(21)24/h2-7,10-14,16,27H,8-9H2,1H3,(H,26,29). The predicted octanol–water partition coefficient (Wildman–Crippen LogP) is 5.34. The molecule has 172 valence electrons. The summed E-state index contributed by atoms with van der Waals surface area (Å²) < 4.78 is 28.6. The molecule has 0 saturated heterocycles. The van der Waals surface area contributed by atoms with Crippen LogP contribution in [0, 0.1) is 3.57 Å². The number of halogens is 2. The molecule has 3 aromatic rings. The topological polar surface area (TPSA) is 87.7 Å². The highest BCUT2D eigenvalue weighted by atomic mass is 127. The molecule has 0 aromatic heterocycles. The first kappa shape index (κ1) is 23.8. The highest BCUT2D eigenvalue weighted by Crippen LogP contribution is 2.32. The molecule has 1 fully saturated rings. The highest BCUT2D eigenvalue weighted by Gasteiger charge is 2.29. The van der Waals surface area contributed by atoms with Gasteiger partial charge in [-0.25, -0.2) is 0 Å². The van der Waals surface area contributed by atoms with E-state index in [1.807, 2.05) is 6.07 Å². The molecule has 0 radical (unpaired) electrons. The number of sulfonamides is 1. The predicted molar refractivity (Wildman–Crippen MR) is 137 cm³/mol. The van der Waals surface area contributed by atoms with Crippen molar-refractivity contribution < 1.29 is 18.0 Å². The van der Waals surface area contributed by atoms with Crippen molar-refractivity contribution in [2.45, 2.75) is 23.8 Å².